The predicted molar refractivity (Wildman–Crippen MR) is 79.4 cm³/mol. The lowest BCUT2D eigenvalue weighted by Crippen LogP contribution is -2.35. The summed E-state index contributed by atoms with van der Waals surface area (Å²) in [6.45, 7) is 2.09. The molecular weight excluding hydrogens is 261 g/mol. The van der Waals surface area contributed by atoms with Crippen molar-refractivity contribution in [3.05, 3.63) is 29.6 Å². The third-order valence-electron chi connectivity index (χ3n) is 3.90. The maximum absolute atomic E-state index is 13.7. The number of benzene rings is 1. The van der Waals surface area contributed by atoms with Gasteiger partial charge in [-0.3, -0.25) is 0 Å². The first-order chi connectivity index (χ1) is 9.15. The molecule has 1 fully saturated rings. The van der Waals surface area contributed by atoms with E-state index in [2.05, 4.69) is 18.5 Å². The van der Waals surface area contributed by atoms with E-state index in [1.54, 1.807) is 12.1 Å². The van der Waals surface area contributed by atoms with Crippen LogP contribution in [0.4, 0.5) is 4.39 Å². The summed E-state index contributed by atoms with van der Waals surface area (Å²) in [6.07, 6.45) is 5.95. The predicted octanol–water partition coefficient (Wildman–Crippen LogP) is 3.77. The molecule has 1 aromatic rings. The zero-order chi connectivity index (χ0) is 13.8. The molecule has 2 rings (SSSR count). The summed E-state index contributed by atoms with van der Waals surface area (Å²) in [7, 11) is 1.49. The minimum absolute atomic E-state index is 0.165. The molecule has 2 nitrogen and oxygen atoms in total. The average molecular weight is 283 g/mol. The van der Waals surface area contributed by atoms with E-state index in [0.717, 1.165) is 5.56 Å². The van der Waals surface area contributed by atoms with Gasteiger partial charge in [-0.25, -0.2) is 4.39 Å². The van der Waals surface area contributed by atoms with E-state index in [1.165, 1.54) is 26.4 Å². The molecule has 1 aliphatic carbocycles. The quantitative estimate of drug-likeness (QED) is 0.889. The van der Waals surface area contributed by atoms with Gasteiger partial charge in [0.25, 0.3) is 0 Å². The lowest BCUT2D eigenvalue weighted by Gasteiger charge is -2.24. The highest BCUT2D eigenvalue weighted by atomic mass is 32.2. The van der Waals surface area contributed by atoms with Crippen LogP contribution in [0.1, 0.15) is 37.8 Å². The van der Waals surface area contributed by atoms with Crippen LogP contribution in [-0.4, -0.2) is 24.7 Å². The Morgan fingerprint density at radius 1 is 1.42 bits per heavy atom. The SMILES string of the molecule is COc1ccc(C(C)NC2CCCC2SC)cc1F. The molecule has 0 spiro atoms. The Balaban J connectivity index is 2.03. The van der Waals surface area contributed by atoms with Crippen molar-refractivity contribution in [2.45, 2.75) is 43.5 Å². The van der Waals surface area contributed by atoms with Gasteiger partial charge in [-0.2, -0.15) is 11.8 Å². The van der Waals surface area contributed by atoms with Crippen molar-refractivity contribution in [3.63, 3.8) is 0 Å². The molecule has 1 aromatic carbocycles. The first kappa shape index (κ1) is 14.7. The van der Waals surface area contributed by atoms with Gasteiger partial charge in [-0.15, -0.1) is 0 Å². The van der Waals surface area contributed by atoms with Gasteiger partial charge in [-0.1, -0.05) is 12.5 Å². The first-order valence-electron chi connectivity index (χ1n) is 6.78. The van der Waals surface area contributed by atoms with Crippen LogP contribution in [0, 0.1) is 5.82 Å². The second-order valence-electron chi connectivity index (χ2n) is 5.09. The van der Waals surface area contributed by atoms with Crippen molar-refractivity contribution < 1.29 is 9.13 Å². The van der Waals surface area contributed by atoms with E-state index in [9.17, 15) is 4.39 Å². The zero-order valence-corrected chi connectivity index (χ0v) is 12.6. The summed E-state index contributed by atoms with van der Waals surface area (Å²) in [4.78, 5) is 0. The standard InChI is InChI=1S/C15H22FNOS/c1-10(17-13-5-4-6-15(13)19-3)11-7-8-14(18-2)12(16)9-11/h7-10,13,15,17H,4-6H2,1-3H3. The van der Waals surface area contributed by atoms with Crippen molar-refractivity contribution in [3.8, 4) is 5.75 Å². The lowest BCUT2D eigenvalue weighted by atomic mass is 10.1. The van der Waals surface area contributed by atoms with E-state index in [4.69, 9.17) is 4.74 Å². The Kier molecular flexibility index (Phi) is 5.11. The molecule has 0 bridgehead atoms. The molecule has 19 heavy (non-hydrogen) atoms. The van der Waals surface area contributed by atoms with Gasteiger partial charge in [-0.05, 0) is 43.7 Å². The molecule has 1 aliphatic rings. The van der Waals surface area contributed by atoms with Crippen LogP contribution in [0.5, 0.6) is 5.75 Å². The number of ether oxygens (including phenoxy) is 1. The Morgan fingerprint density at radius 3 is 2.84 bits per heavy atom. The van der Waals surface area contributed by atoms with Crippen molar-refractivity contribution in [2.24, 2.45) is 0 Å². The molecule has 0 saturated heterocycles. The van der Waals surface area contributed by atoms with Crippen LogP contribution >= 0.6 is 11.8 Å². The van der Waals surface area contributed by atoms with Gasteiger partial charge in [0.2, 0.25) is 0 Å². The van der Waals surface area contributed by atoms with Crippen molar-refractivity contribution in [1.29, 1.82) is 0 Å². The molecule has 4 heteroatoms. The fraction of sp³-hybridized carbons (Fsp3) is 0.600. The molecule has 1 saturated carbocycles. The van der Waals surface area contributed by atoms with E-state index in [-0.39, 0.29) is 11.9 Å². The monoisotopic (exact) mass is 283 g/mol. The van der Waals surface area contributed by atoms with E-state index in [0.29, 0.717) is 17.0 Å². The van der Waals surface area contributed by atoms with Crippen molar-refractivity contribution >= 4 is 11.8 Å². The summed E-state index contributed by atoms with van der Waals surface area (Å²) in [5.74, 6) is 0.0142. The third kappa shape index (κ3) is 3.42. The van der Waals surface area contributed by atoms with Crippen molar-refractivity contribution in [1.82, 2.24) is 5.32 Å². The molecule has 3 atom stereocenters. The molecule has 0 radical (unpaired) electrons. The maximum atomic E-state index is 13.7. The van der Waals surface area contributed by atoms with Crippen LogP contribution in [0.2, 0.25) is 0 Å². The molecule has 0 aliphatic heterocycles. The highest BCUT2D eigenvalue weighted by Gasteiger charge is 2.27. The Hall–Kier alpha value is -0.740. The summed E-state index contributed by atoms with van der Waals surface area (Å²) in [6, 6.07) is 5.90. The smallest absolute Gasteiger partial charge is 0.165 e. The van der Waals surface area contributed by atoms with Gasteiger partial charge < -0.3 is 10.1 Å². The highest BCUT2D eigenvalue weighted by molar-refractivity contribution is 7.99. The Labute approximate surface area is 119 Å². The molecule has 1 N–H and O–H groups in total. The second kappa shape index (κ2) is 6.62. The molecule has 106 valence electrons. The third-order valence-corrected chi connectivity index (χ3v) is 5.06. The molecule has 0 aromatic heterocycles. The number of hydrogen-bond acceptors (Lipinski definition) is 3. The molecule has 0 heterocycles. The topological polar surface area (TPSA) is 21.3 Å². The maximum Gasteiger partial charge on any atom is 0.165 e. The largest absolute Gasteiger partial charge is 0.494 e. The van der Waals surface area contributed by atoms with Crippen LogP contribution < -0.4 is 10.1 Å². The van der Waals surface area contributed by atoms with Gasteiger partial charge in [0, 0.05) is 17.3 Å². The van der Waals surface area contributed by atoms with Crippen molar-refractivity contribution in [2.75, 3.05) is 13.4 Å². The van der Waals surface area contributed by atoms with Crippen LogP contribution in [-0.2, 0) is 0 Å². The number of thioether (sulfide) groups is 1. The van der Waals surface area contributed by atoms with Crippen LogP contribution in [0.25, 0.3) is 0 Å². The molecular formula is C15H22FNOS. The molecule has 0 amide bonds. The number of hydrogen-bond donors (Lipinski definition) is 1. The second-order valence-corrected chi connectivity index (χ2v) is 6.17. The van der Waals surface area contributed by atoms with E-state index < -0.39 is 0 Å². The van der Waals surface area contributed by atoms with Gasteiger partial charge >= 0.3 is 0 Å². The number of nitrogens with one attached hydrogen (secondary N) is 1. The summed E-state index contributed by atoms with van der Waals surface area (Å²) in [5.41, 5.74) is 0.977. The van der Waals surface area contributed by atoms with E-state index in [1.807, 2.05) is 17.8 Å². The number of halogens is 1. The number of methoxy groups -OCH3 is 1. The molecule has 3 unspecified atom stereocenters. The zero-order valence-electron chi connectivity index (χ0n) is 11.8. The van der Waals surface area contributed by atoms with Crippen LogP contribution in [0.3, 0.4) is 0 Å². The average Bonchev–Trinajstić information content (AvgIpc) is 2.85. The minimum Gasteiger partial charge on any atom is -0.494 e. The Bertz CT molecular complexity index is 427. The van der Waals surface area contributed by atoms with Gasteiger partial charge in [0.05, 0.1) is 7.11 Å². The summed E-state index contributed by atoms with van der Waals surface area (Å²) in [5, 5.41) is 4.32. The van der Waals surface area contributed by atoms with E-state index >= 15 is 0 Å². The van der Waals surface area contributed by atoms with Crippen LogP contribution in [0.15, 0.2) is 18.2 Å². The minimum atomic E-state index is -0.290. The first-order valence-corrected chi connectivity index (χ1v) is 8.06. The fourth-order valence-corrected chi connectivity index (χ4v) is 3.71. The highest BCUT2D eigenvalue weighted by Crippen LogP contribution is 2.30. The fourth-order valence-electron chi connectivity index (χ4n) is 2.77. The lowest BCUT2D eigenvalue weighted by molar-refractivity contribution is 0.385. The Morgan fingerprint density at radius 2 is 2.21 bits per heavy atom. The normalized spacial score (nSPS) is 24.4. The summed E-state index contributed by atoms with van der Waals surface area (Å²) >= 11 is 1.93. The van der Waals surface area contributed by atoms with Gasteiger partial charge in [0.15, 0.2) is 11.6 Å². The van der Waals surface area contributed by atoms with Gasteiger partial charge in [0.1, 0.15) is 0 Å². The summed E-state index contributed by atoms with van der Waals surface area (Å²) < 4.78 is 18.7. The number of rotatable bonds is 5.